The molecule has 0 bridgehead atoms. The molecule has 31 heavy (non-hydrogen) atoms. The number of nitrogens with zero attached hydrogens (tertiary/aromatic N) is 3. The Morgan fingerprint density at radius 2 is 1.87 bits per heavy atom. The summed E-state index contributed by atoms with van der Waals surface area (Å²) in [4.78, 5) is 37.7. The van der Waals surface area contributed by atoms with Gasteiger partial charge < -0.3 is 10.3 Å². The molecule has 2 fully saturated rings. The van der Waals surface area contributed by atoms with E-state index in [0.29, 0.717) is 34.7 Å². The van der Waals surface area contributed by atoms with Gasteiger partial charge >= 0.3 is 0 Å². The molecule has 3 heterocycles. The molecule has 0 unspecified atom stereocenters. The number of carbonyl (C=O) groups excluding carboxylic acids is 1. The molecule has 0 radical (unpaired) electrons. The van der Waals surface area contributed by atoms with Crippen molar-refractivity contribution in [1.29, 1.82) is 0 Å². The Labute approximate surface area is 189 Å². The van der Waals surface area contributed by atoms with Gasteiger partial charge in [0.1, 0.15) is 10.5 Å². The highest BCUT2D eigenvalue weighted by atomic mass is 35.5. The van der Waals surface area contributed by atoms with Crippen LogP contribution in [-0.4, -0.2) is 64.4 Å². The lowest BCUT2D eigenvalue weighted by Crippen LogP contribution is -2.49. The molecule has 7 nitrogen and oxygen atoms in total. The van der Waals surface area contributed by atoms with Crippen LogP contribution in [0, 0.1) is 0 Å². The summed E-state index contributed by atoms with van der Waals surface area (Å²) in [5.41, 5.74) is 1.65. The molecule has 1 aliphatic carbocycles. The van der Waals surface area contributed by atoms with Crippen molar-refractivity contribution in [2.75, 3.05) is 32.7 Å². The van der Waals surface area contributed by atoms with Gasteiger partial charge in [0.05, 0.1) is 18.6 Å². The third kappa shape index (κ3) is 4.98. The minimum Gasteiger partial charge on any atom is -0.352 e. The summed E-state index contributed by atoms with van der Waals surface area (Å²) in [6.07, 6.45) is 2.22. The van der Waals surface area contributed by atoms with Crippen molar-refractivity contribution in [1.82, 2.24) is 25.1 Å². The number of hydrogen-bond donors (Lipinski definition) is 2. The molecule has 2 N–H and O–H groups in total. The van der Waals surface area contributed by atoms with Crippen LogP contribution in [-0.2, 0) is 11.3 Å². The van der Waals surface area contributed by atoms with E-state index in [4.69, 9.17) is 16.6 Å². The normalized spacial score (nSPS) is 17.8. The van der Waals surface area contributed by atoms with E-state index in [2.05, 4.69) is 20.1 Å². The number of halogens is 1. The Morgan fingerprint density at radius 1 is 1.16 bits per heavy atom. The summed E-state index contributed by atoms with van der Waals surface area (Å²) in [6.45, 7) is 4.43. The van der Waals surface area contributed by atoms with Crippen LogP contribution in [0.15, 0.2) is 35.1 Å². The second-order valence-corrected chi connectivity index (χ2v) is 9.73. The van der Waals surface area contributed by atoms with Gasteiger partial charge in [-0.3, -0.25) is 19.4 Å². The largest absolute Gasteiger partial charge is 0.352 e. The molecule has 0 spiro atoms. The fraction of sp³-hybridized carbons (Fsp3) is 0.409. The molecule has 1 saturated carbocycles. The molecule has 0 atom stereocenters. The lowest BCUT2D eigenvalue weighted by atomic mass is 10.2. The van der Waals surface area contributed by atoms with Gasteiger partial charge in [0, 0.05) is 42.1 Å². The zero-order valence-electron chi connectivity index (χ0n) is 17.1. The minimum atomic E-state index is -0.0967. The van der Waals surface area contributed by atoms with Crippen molar-refractivity contribution in [3.63, 3.8) is 0 Å². The number of nitrogens with one attached hydrogen (secondary N) is 2. The Balaban J connectivity index is 1.23. The molecule has 1 saturated heterocycles. The van der Waals surface area contributed by atoms with Crippen LogP contribution in [0.5, 0.6) is 0 Å². The van der Waals surface area contributed by atoms with E-state index >= 15 is 0 Å². The zero-order chi connectivity index (χ0) is 21.4. The van der Waals surface area contributed by atoms with Crippen LogP contribution in [0.1, 0.15) is 18.7 Å². The average Bonchev–Trinajstić information content (AvgIpc) is 3.45. The fourth-order valence-corrected chi connectivity index (χ4v) is 4.96. The monoisotopic (exact) mass is 457 g/mol. The van der Waals surface area contributed by atoms with Gasteiger partial charge in [-0.2, -0.15) is 0 Å². The van der Waals surface area contributed by atoms with Gasteiger partial charge in [-0.15, -0.1) is 11.3 Å². The number of hydrogen-bond acceptors (Lipinski definition) is 6. The van der Waals surface area contributed by atoms with E-state index in [1.807, 2.05) is 30.3 Å². The standard InChI is InChI=1S/C22H24ClN5O2S/c23-15-3-1-14(2-4-15)18-11-17-21(31-18)22(30)26-19(25-17)12-27-7-9-28(10-8-27)13-20(29)24-16-5-6-16/h1-4,11,16H,5-10,12-13H2,(H,24,29)(H,25,26,30). The van der Waals surface area contributed by atoms with Gasteiger partial charge in [-0.25, -0.2) is 4.98 Å². The summed E-state index contributed by atoms with van der Waals surface area (Å²) < 4.78 is 0.639. The van der Waals surface area contributed by atoms with Gasteiger partial charge in [0.25, 0.3) is 5.56 Å². The lowest BCUT2D eigenvalue weighted by Gasteiger charge is -2.33. The first kappa shape index (κ1) is 20.6. The van der Waals surface area contributed by atoms with E-state index in [0.717, 1.165) is 55.0 Å². The van der Waals surface area contributed by atoms with Crippen LogP contribution < -0.4 is 10.9 Å². The molecule has 5 rings (SSSR count). The second-order valence-electron chi connectivity index (χ2n) is 8.24. The number of fused-ring (bicyclic) bond motifs is 1. The maximum atomic E-state index is 12.6. The van der Waals surface area contributed by atoms with Gasteiger partial charge in [-0.05, 0) is 36.6 Å². The van der Waals surface area contributed by atoms with Crippen LogP contribution in [0.4, 0.5) is 0 Å². The molecule has 162 valence electrons. The lowest BCUT2D eigenvalue weighted by molar-refractivity contribution is -0.122. The molecule has 2 aliphatic rings. The number of benzene rings is 1. The third-order valence-corrected chi connectivity index (χ3v) is 7.13. The van der Waals surface area contributed by atoms with E-state index in [1.165, 1.54) is 11.3 Å². The third-order valence-electron chi connectivity index (χ3n) is 5.71. The minimum absolute atomic E-state index is 0.0967. The van der Waals surface area contributed by atoms with Crippen molar-refractivity contribution in [2.24, 2.45) is 0 Å². The van der Waals surface area contributed by atoms with Crippen molar-refractivity contribution < 1.29 is 4.79 Å². The number of aromatic nitrogens is 2. The number of thiophene rings is 1. The first-order valence-electron chi connectivity index (χ1n) is 10.6. The molecule has 1 aliphatic heterocycles. The van der Waals surface area contributed by atoms with Crippen molar-refractivity contribution in [3.8, 4) is 10.4 Å². The van der Waals surface area contributed by atoms with Crippen LogP contribution in [0.25, 0.3) is 20.7 Å². The molecular weight excluding hydrogens is 434 g/mol. The van der Waals surface area contributed by atoms with Crippen LogP contribution >= 0.6 is 22.9 Å². The molecule has 1 aromatic carbocycles. The van der Waals surface area contributed by atoms with Crippen LogP contribution in [0.2, 0.25) is 5.02 Å². The predicted octanol–water partition coefficient (Wildman–Crippen LogP) is 2.70. The summed E-state index contributed by atoms with van der Waals surface area (Å²) in [5, 5.41) is 3.73. The number of aromatic amines is 1. The smallest absolute Gasteiger partial charge is 0.268 e. The Bertz CT molecular complexity index is 1150. The summed E-state index contributed by atoms with van der Waals surface area (Å²) in [7, 11) is 0. The van der Waals surface area contributed by atoms with E-state index in [1.54, 1.807) is 0 Å². The van der Waals surface area contributed by atoms with Gasteiger partial charge in [-0.1, -0.05) is 23.7 Å². The average molecular weight is 458 g/mol. The Kier molecular flexibility index (Phi) is 5.79. The number of piperazine rings is 1. The number of H-pyrrole nitrogens is 1. The summed E-state index contributed by atoms with van der Waals surface area (Å²) >= 11 is 7.43. The zero-order valence-corrected chi connectivity index (χ0v) is 18.6. The first-order chi connectivity index (χ1) is 15.0. The van der Waals surface area contributed by atoms with Gasteiger partial charge in [0.15, 0.2) is 0 Å². The highest BCUT2D eigenvalue weighted by Gasteiger charge is 2.25. The van der Waals surface area contributed by atoms with E-state index in [-0.39, 0.29) is 11.5 Å². The maximum absolute atomic E-state index is 12.6. The van der Waals surface area contributed by atoms with Crippen LogP contribution in [0.3, 0.4) is 0 Å². The number of rotatable bonds is 6. The molecule has 1 amide bonds. The van der Waals surface area contributed by atoms with E-state index in [9.17, 15) is 9.59 Å². The number of carbonyl (C=O) groups is 1. The number of amides is 1. The Hall–Kier alpha value is -2.26. The maximum Gasteiger partial charge on any atom is 0.268 e. The van der Waals surface area contributed by atoms with E-state index < -0.39 is 0 Å². The van der Waals surface area contributed by atoms with Crippen molar-refractivity contribution in [3.05, 3.63) is 51.5 Å². The fourth-order valence-electron chi connectivity index (χ4n) is 3.84. The molecule has 2 aromatic heterocycles. The summed E-state index contributed by atoms with van der Waals surface area (Å²) in [6, 6.07) is 9.97. The highest BCUT2D eigenvalue weighted by Crippen LogP contribution is 2.31. The first-order valence-corrected chi connectivity index (χ1v) is 11.8. The quantitative estimate of drug-likeness (QED) is 0.594. The SMILES string of the molecule is O=C(CN1CCN(Cc2nc3cc(-c4ccc(Cl)cc4)sc3c(=O)[nH]2)CC1)NC1CC1. The molecule has 9 heteroatoms. The Morgan fingerprint density at radius 3 is 2.58 bits per heavy atom. The summed E-state index contributed by atoms with van der Waals surface area (Å²) in [5.74, 6) is 0.805. The van der Waals surface area contributed by atoms with Crippen molar-refractivity contribution >= 4 is 39.1 Å². The predicted molar refractivity (Wildman–Crippen MR) is 124 cm³/mol. The van der Waals surface area contributed by atoms with Crippen molar-refractivity contribution in [2.45, 2.75) is 25.4 Å². The second kappa shape index (κ2) is 8.70. The highest BCUT2D eigenvalue weighted by molar-refractivity contribution is 7.22. The van der Waals surface area contributed by atoms with Gasteiger partial charge in [0.2, 0.25) is 5.91 Å². The molecular formula is C22H24ClN5O2S. The molecule has 3 aromatic rings. The topological polar surface area (TPSA) is 81.3 Å².